The molecule has 0 radical (unpaired) electrons. The number of aryl methyl sites for hydroxylation is 3. The van der Waals surface area contributed by atoms with Gasteiger partial charge < -0.3 is 10.3 Å². The Morgan fingerprint density at radius 3 is 2.47 bits per heavy atom. The molecule has 0 unspecified atom stereocenters. The van der Waals surface area contributed by atoms with Crippen LogP contribution in [0.15, 0.2) is 30.9 Å². The first kappa shape index (κ1) is 13.4. The maximum absolute atomic E-state index is 6.29. The van der Waals surface area contributed by atoms with Gasteiger partial charge in [0.15, 0.2) is 0 Å². The van der Waals surface area contributed by atoms with Gasteiger partial charge in [0.2, 0.25) is 0 Å². The van der Waals surface area contributed by atoms with Crippen molar-refractivity contribution in [1.82, 2.24) is 9.55 Å². The fraction of sp³-hybridized carbons (Fsp3) is 0.312. The van der Waals surface area contributed by atoms with Crippen LogP contribution in [0.5, 0.6) is 0 Å². The number of anilines is 1. The van der Waals surface area contributed by atoms with Crippen molar-refractivity contribution < 1.29 is 0 Å². The molecule has 0 aliphatic rings. The average Bonchev–Trinajstić information content (AvgIpc) is 2.68. The van der Waals surface area contributed by atoms with E-state index >= 15 is 0 Å². The standard InChI is InChI=1S/C16H21N3/c1-5-10-19-13(6-2)18-15(16(19)17)14-11(3)8-7-9-12(14)4/h5,7-9H,1,6,10,17H2,2-4H3. The van der Waals surface area contributed by atoms with Gasteiger partial charge in [0, 0.05) is 18.5 Å². The summed E-state index contributed by atoms with van der Waals surface area (Å²) in [6, 6.07) is 6.26. The number of nitrogens with two attached hydrogens (primary N) is 1. The van der Waals surface area contributed by atoms with Crippen molar-refractivity contribution in [3.05, 3.63) is 47.8 Å². The summed E-state index contributed by atoms with van der Waals surface area (Å²) < 4.78 is 2.04. The van der Waals surface area contributed by atoms with E-state index in [1.54, 1.807) is 0 Å². The molecule has 0 bridgehead atoms. The third-order valence-corrected chi connectivity index (χ3v) is 3.43. The summed E-state index contributed by atoms with van der Waals surface area (Å²) in [6.07, 6.45) is 2.72. The van der Waals surface area contributed by atoms with Crippen LogP contribution in [0.25, 0.3) is 11.3 Å². The van der Waals surface area contributed by atoms with E-state index in [0.717, 1.165) is 29.3 Å². The van der Waals surface area contributed by atoms with E-state index in [1.165, 1.54) is 11.1 Å². The number of nitrogens with zero attached hydrogens (tertiary/aromatic N) is 2. The quantitative estimate of drug-likeness (QED) is 0.850. The van der Waals surface area contributed by atoms with Crippen molar-refractivity contribution in [3.8, 4) is 11.3 Å². The van der Waals surface area contributed by atoms with E-state index < -0.39 is 0 Å². The lowest BCUT2D eigenvalue weighted by molar-refractivity contribution is 0.757. The van der Waals surface area contributed by atoms with Crippen molar-refractivity contribution >= 4 is 5.82 Å². The molecule has 0 atom stereocenters. The van der Waals surface area contributed by atoms with E-state index in [0.29, 0.717) is 6.54 Å². The Labute approximate surface area is 114 Å². The number of hydrogen-bond acceptors (Lipinski definition) is 2. The Morgan fingerprint density at radius 1 is 1.32 bits per heavy atom. The van der Waals surface area contributed by atoms with Gasteiger partial charge in [0.1, 0.15) is 17.3 Å². The minimum Gasteiger partial charge on any atom is -0.383 e. The summed E-state index contributed by atoms with van der Waals surface area (Å²) in [5.41, 5.74) is 10.7. The van der Waals surface area contributed by atoms with Crippen LogP contribution in [0.2, 0.25) is 0 Å². The smallest absolute Gasteiger partial charge is 0.132 e. The second-order valence-electron chi connectivity index (χ2n) is 4.78. The lowest BCUT2D eigenvalue weighted by Gasteiger charge is -2.09. The highest BCUT2D eigenvalue weighted by molar-refractivity contribution is 5.76. The largest absolute Gasteiger partial charge is 0.383 e. The minimum atomic E-state index is 0.701. The molecule has 0 saturated heterocycles. The molecule has 2 rings (SSSR count). The Morgan fingerprint density at radius 2 is 1.95 bits per heavy atom. The van der Waals surface area contributed by atoms with Crippen LogP contribution in [0, 0.1) is 13.8 Å². The number of rotatable bonds is 4. The second kappa shape index (κ2) is 5.31. The maximum Gasteiger partial charge on any atom is 0.132 e. The first-order chi connectivity index (χ1) is 9.10. The lowest BCUT2D eigenvalue weighted by atomic mass is 10.0. The predicted molar refractivity (Wildman–Crippen MR) is 81.1 cm³/mol. The highest BCUT2D eigenvalue weighted by atomic mass is 15.1. The average molecular weight is 255 g/mol. The molecule has 2 N–H and O–H groups in total. The molecule has 0 aliphatic heterocycles. The molecule has 3 nitrogen and oxygen atoms in total. The number of benzene rings is 1. The Kier molecular flexibility index (Phi) is 3.74. The fourth-order valence-corrected chi connectivity index (χ4v) is 2.49. The van der Waals surface area contributed by atoms with Crippen molar-refractivity contribution in [2.24, 2.45) is 0 Å². The minimum absolute atomic E-state index is 0.701. The molecule has 3 heteroatoms. The first-order valence-electron chi connectivity index (χ1n) is 6.62. The topological polar surface area (TPSA) is 43.8 Å². The molecule has 0 saturated carbocycles. The molecular weight excluding hydrogens is 234 g/mol. The zero-order valence-corrected chi connectivity index (χ0v) is 11.9. The number of aromatic nitrogens is 2. The van der Waals surface area contributed by atoms with E-state index in [1.807, 2.05) is 10.6 Å². The highest BCUT2D eigenvalue weighted by Gasteiger charge is 2.17. The van der Waals surface area contributed by atoms with Crippen molar-refractivity contribution in [2.75, 3.05) is 5.73 Å². The van der Waals surface area contributed by atoms with Crippen LogP contribution in [0.4, 0.5) is 5.82 Å². The van der Waals surface area contributed by atoms with Gasteiger partial charge in [-0.1, -0.05) is 31.2 Å². The molecule has 0 aliphatic carbocycles. The molecule has 0 amide bonds. The van der Waals surface area contributed by atoms with Crippen LogP contribution in [0.1, 0.15) is 23.9 Å². The van der Waals surface area contributed by atoms with Gasteiger partial charge in [-0.15, -0.1) is 6.58 Å². The van der Waals surface area contributed by atoms with Crippen LogP contribution in [-0.4, -0.2) is 9.55 Å². The van der Waals surface area contributed by atoms with Crippen LogP contribution in [-0.2, 0) is 13.0 Å². The molecular formula is C16H21N3. The van der Waals surface area contributed by atoms with Gasteiger partial charge >= 0.3 is 0 Å². The molecule has 1 aromatic heterocycles. The number of imidazole rings is 1. The SMILES string of the molecule is C=CCn1c(CC)nc(-c2c(C)cccc2C)c1N. The summed E-state index contributed by atoms with van der Waals surface area (Å²) in [7, 11) is 0. The van der Waals surface area contributed by atoms with Gasteiger partial charge in [0.25, 0.3) is 0 Å². The summed E-state index contributed by atoms with van der Waals surface area (Å²) in [4.78, 5) is 4.73. The zero-order chi connectivity index (χ0) is 14.0. The number of hydrogen-bond donors (Lipinski definition) is 1. The van der Waals surface area contributed by atoms with Crippen molar-refractivity contribution in [2.45, 2.75) is 33.7 Å². The summed E-state index contributed by atoms with van der Waals surface area (Å²) in [5.74, 6) is 1.74. The van der Waals surface area contributed by atoms with Gasteiger partial charge in [-0.3, -0.25) is 0 Å². The molecule has 1 aromatic carbocycles. The molecule has 1 heterocycles. The van der Waals surface area contributed by atoms with E-state index in [2.05, 4.69) is 45.5 Å². The van der Waals surface area contributed by atoms with Crippen LogP contribution < -0.4 is 5.73 Å². The lowest BCUT2D eigenvalue weighted by Crippen LogP contribution is -2.05. The second-order valence-corrected chi connectivity index (χ2v) is 4.78. The molecule has 0 spiro atoms. The summed E-state index contributed by atoms with van der Waals surface area (Å²) >= 11 is 0. The molecule has 19 heavy (non-hydrogen) atoms. The van der Waals surface area contributed by atoms with E-state index in [4.69, 9.17) is 10.7 Å². The summed E-state index contributed by atoms with van der Waals surface area (Å²) in [5, 5.41) is 0. The van der Waals surface area contributed by atoms with Crippen molar-refractivity contribution in [3.63, 3.8) is 0 Å². The van der Waals surface area contributed by atoms with Crippen LogP contribution >= 0.6 is 0 Å². The number of allylic oxidation sites excluding steroid dienone is 1. The highest BCUT2D eigenvalue weighted by Crippen LogP contribution is 2.31. The van der Waals surface area contributed by atoms with E-state index in [9.17, 15) is 0 Å². The normalized spacial score (nSPS) is 10.7. The Hall–Kier alpha value is -2.03. The zero-order valence-electron chi connectivity index (χ0n) is 11.9. The predicted octanol–water partition coefficient (Wildman–Crippen LogP) is 3.50. The molecule has 0 fully saturated rings. The fourth-order valence-electron chi connectivity index (χ4n) is 2.49. The summed E-state index contributed by atoms with van der Waals surface area (Å²) in [6.45, 7) is 10.8. The number of nitrogen functional groups attached to an aromatic ring is 1. The maximum atomic E-state index is 6.29. The Balaban J connectivity index is 2.66. The monoisotopic (exact) mass is 255 g/mol. The van der Waals surface area contributed by atoms with Gasteiger partial charge in [-0.05, 0) is 25.0 Å². The molecule has 100 valence electrons. The third-order valence-electron chi connectivity index (χ3n) is 3.43. The van der Waals surface area contributed by atoms with Gasteiger partial charge in [-0.25, -0.2) is 4.98 Å². The molecule has 2 aromatic rings. The first-order valence-corrected chi connectivity index (χ1v) is 6.62. The van der Waals surface area contributed by atoms with Gasteiger partial charge in [0.05, 0.1) is 0 Å². The van der Waals surface area contributed by atoms with Gasteiger partial charge in [-0.2, -0.15) is 0 Å². The van der Waals surface area contributed by atoms with E-state index in [-0.39, 0.29) is 0 Å². The third kappa shape index (κ3) is 2.28. The van der Waals surface area contributed by atoms with Crippen molar-refractivity contribution in [1.29, 1.82) is 0 Å². The Bertz CT molecular complexity index is 588. The van der Waals surface area contributed by atoms with Crippen LogP contribution in [0.3, 0.4) is 0 Å².